The second-order valence-electron chi connectivity index (χ2n) is 5.31. The van der Waals surface area contributed by atoms with Crippen molar-refractivity contribution in [1.82, 2.24) is 15.3 Å². The average Bonchev–Trinajstić information content (AvgIpc) is 2.46. The third-order valence-electron chi connectivity index (χ3n) is 3.39. The lowest BCUT2D eigenvalue weighted by Gasteiger charge is -2.35. The Morgan fingerprint density at radius 2 is 2.33 bits per heavy atom. The third-order valence-corrected chi connectivity index (χ3v) is 3.39. The molecule has 0 spiro atoms. The van der Waals surface area contributed by atoms with Gasteiger partial charge in [-0.3, -0.25) is 4.79 Å². The van der Waals surface area contributed by atoms with Gasteiger partial charge in [-0.25, -0.2) is 9.78 Å². The molecule has 0 radical (unpaired) electrons. The smallest absolute Gasteiger partial charge is 0.330 e. The highest BCUT2D eigenvalue weighted by atomic mass is 16.5. The van der Waals surface area contributed by atoms with Gasteiger partial charge < -0.3 is 19.9 Å². The molecule has 2 N–H and O–H groups in total. The van der Waals surface area contributed by atoms with Gasteiger partial charge in [-0.2, -0.15) is 0 Å². The highest BCUT2D eigenvalue weighted by Gasteiger charge is 2.31. The van der Waals surface area contributed by atoms with E-state index in [2.05, 4.69) is 15.3 Å². The lowest BCUT2D eigenvalue weighted by atomic mass is 10.2. The van der Waals surface area contributed by atoms with Crippen LogP contribution in [0.2, 0.25) is 0 Å². The summed E-state index contributed by atoms with van der Waals surface area (Å²) in [5.41, 5.74) is -0.204. The van der Waals surface area contributed by atoms with Crippen LogP contribution < -0.4 is 15.8 Å². The molecule has 1 aromatic rings. The van der Waals surface area contributed by atoms with Crippen LogP contribution in [0.5, 0.6) is 0 Å². The van der Waals surface area contributed by atoms with E-state index >= 15 is 0 Å². The molecule has 1 fully saturated rings. The largest absolute Gasteiger partial charge is 0.464 e. The van der Waals surface area contributed by atoms with E-state index in [1.807, 2.05) is 18.7 Å². The third kappa shape index (κ3) is 3.60. The van der Waals surface area contributed by atoms with Crippen LogP contribution in [-0.4, -0.2) is 48.2 Å². The molecule has 1 aliphatic heterocycles. The molecule has 1 aromatic heterocycles. The fourth-order valence-electron chi connectivity index (χ4n) is 2.31. The van der Waals surface area contributed by atoms with Crippen molar-refractivity contribution < 1.29 is 9.53 Å². The Balaban J connectivity index is 2.33. The number of esters is 1. The van der Waals surface area contributed by atoms with Crippen LogP contribution in [0.15, 0.2) is 10.9 Å². The zero-order valence-electron chi connectivity index (χ0n) is 12.7. The molecule has 2 rings (SSSR count). The SMILES string of the molecule is CCOC(=O)C1CNCCN1c1cc(=O)[nH]c(C(C)C)n1. The standard InChI is InChI=1S/C14H22N4O3/c1-4-21-14(20)10-8-15-5-6-18(10)11-7-12(19)17-13(16-11)9(2)3/h7,9-10,15H,4-6,8H2,1-3H3,(H,16,17,19). The van der Waals surface area contributed by atoms with E-state index in [4.69, 9.17) is 4.74 Å². The number of carbonyl (C=O) groups is 1. The zero-order valence-corrected chi connectivity index (χ0v) is 12.7. The maximum atomic E-state index is 12.1. The summed E-state index contributed by atoms with van der Waals surface area (Å²) in [6.45, 7) is 7.87. The predicted molar refractivity (Wildman–Crippen MR) is 79.6 cm³/mol. The van der Waals surface area contributed by atoms with E-state index in [9.17, 15) is 9.59 Å². The predicted octanol–water partition coefficient (Wildman–Crippen LogP) is 0.235. The quantitative estimate of drug-likeness (QED) is 0.773. The van der Waals surface area contributed by atoms with Gasteiger partial charge in [0.2, 0.25) is 0 Å². The van der Waals surface area contributed by atoms with Crippen LogP contribution in [0.25, 0.3) is 0 Å². The average molecular weight is 294 g/mol. The van der Waals surface area contributed by atoms with Gasteiger partial charge >= 0.3 is 5.97 Å². The fourth-order valence-corrected chi connectivity index (χ4v) is 2.31. The summed E-state index contributed by atoms with van der Waals surface area (Å²) in [7, 11) is 0. The number of nitrogens with zero attached hydrogens (tertiary/aromatic N) is 2. The van der Waals surface area contributed by atoms with Crippen LogP contribution >= 0.6 is 0 Å². The summed E-state index contributed by atoms with van der Waals surface area (Å²) < 4.78 is 5.11. The van der Waals surface area contributed by atoms with Crippen LogP contribution in [0.1, 0.15) is 32.5 Å². The maximum absolute atomic E-state index is 12.1. The molecule has 7 heteroatoms. The summed E-state index contributed by atoms with van der Waals surface area (Å²) in [6.07, 6.45) is 0. The summed E-state index contributed by atoms with van der Waals surface area (Å²) in [4.78, 5) is 32.9. The number of aromatic amines is 1. The molecule has 0 aromatic carbocycles. The van der Waals surface area contributed by atoms with Crippen molar-refractivity contribution >= 4 is 11.8 Å². The van der Waals surface area contributed by atoms with Gasteiger partial charge in [0.05, 0.1) is 6.61 Å². The molecule has 21 heavy (non-hydrogen) atoms. The van der Waals surface area contributed by atoms with E-state index < -0.39 is 6.04 Å². The fraction of sp³-hybridized carbons (Fsp3) is 0.643. The monoisotopic (exact) mass is 294 g/mol. The van der Waals surface area contributed by atoms with Crippen molar-refractivity contribution in [1.29, 1.82) is 0 Å². The van der Waals surface area contributed by atoms with Crippen LogP contribution in [-0.2, 0) is 9.53 Å². The highest BCUT2D eigenvalue weighted by molar-refractivity contribution is 5.80. The van der Waals surface area contributed by atoms with Gasteiger partial charge in [0, 0.05) is 31.6 Å². The van der Waals surface area contributed by atoms with Crippen molar-refractivity contribution in [3.8, 4) is 0 Å². The number of hydrogen-bond donors (Lipinski definition) is 2. The second kappa shape index (κ2) is 6.71. The number of piperazine rings is 1. The minimum absolute atomic E-state index is 0.113. The number of aromatic nitrogens is 2. The van der Waals surface area contributed by atoms with Gasteiger partial charge in [0.1, 0.15) is 17.7 Å². The minimum atomic E-state index is -0.451. The normalized spacial score (nSPS) is 18.9. The van der Waals surface area contributed by atoms with Crippen LogP contribution in [0.4, 0.5) is 5.82 Å². The van der Waals surface area contributed by atoms with E-state index in [0.717, 1.165) is 6.54 Å². The van der Waals surface area contributed by atoms with E-state index in [1.165, 1.54) is 6.07 Å². The Morgan fingerprint density at radius 3 is 3.00 bits per heavy atom. The first-order valence-corrected chi connectivity index (χ1v) is 7.28. The molecular weight excluding hydrogens is 272 g/mol. The number of rotatable bonds is 4. The molecule has 0 amide bonds. The molecule has 1 aliphatic rings. The number of ether oxygens (including phenoxy) is 1. The van der Waals surface area contributed by atoms with Gasteiger partial charge in [-0.15, -0.1) is 0 Å². The first-order chi connectivity index (χ1) is 10.0. The van der Waals surface area contributed by atoms with Crippen molar-refractivity contribution in [3.63, 3.8) is 0 Å². The lowest BCUT2D eigenvalue weighted by Crippen LogP contribution is -2.56. The number of nitrogens with one attached hydrogen (secondary N) is 2. The topological polar surface area (TPSA) is 87.3 Å². The first kappa shape index (κ1) is 15.5. The van der Waals surface area contributed by atoms with Gasteiger partial charge in [-0.1, -0.05) is 13.8 Å². The number of hydrogen-bond acceptors (Lipinski definition) is 6. The van der Waals surface area contributed by atoms with E-state index in [0.29, 0.717) is 31.3 Å². The van der Waals surface area contributed by atoms with Gasteiger partial charge in [0.15, 0.2) is 0 Å². The van der Waals surface area contributed by atoms with Crippen LogP contribution in [0.3, 0.4) is 0 Å². The molecule has 0 bridgehead atoms. The minimum Gasteiger partial charge on any atom is -0.464 e. The highest BCUT2D eigenvalue weighted by Crippen LogP contribution is 2.17. The Kier molecular flexibility index (Phi) is 4.95. The van der Waals surface area contributed by atoms with Gasteiger partial charge in [-0.05, 0) is 6.92 Å². The molecular formula is C14H22N4O3. The summed E-state index contributed by atoms with van der Waals surface area (Å²) in [6, 6.07) is 0.983. The molecule has 7 nitrogen and oxygen atoms in total. The Labute approximate surface area is 123 Å². The Morgan fingerprint density at radius 1 is 1.57 bits per heavy atom. The van der Waals surface area contributed by atoms with Crippen molar-refractivity contribution in [2.45, 2.75) is 32.7 Å². The van der Waals surface area contributed by atoms with Crippen molar-refractivity contribution in [2.75, 3.05) is 31.1 Å². The van der Waals surface area contributed by atoms with Crippen molar-refractivity contribution in [2.24, 2.45) is 0 Å². The molecule has 2 heterocycles. The van der Waals surface area contributed by atoms with Crippen LogP contribution in [0, 0.1) is 0 Å². The van der Waals surface area contributed by atoms with Crippen molar-refractivity contribution in [3.05, 3.63) is 22.2 Å². The number of H-pyrrole nitrogens is 1. The number of carbonyl (C=O) groups excluding carboxylic acids is 1. The maximum Gasteiger partial charge on any atom is 0.330 e. The molecule has 116 valence electrons. The Hall–Kier alpha value is -1.89. The molecule has 1 saturated heterocycles. The molecule has 0 aliphatic carbocycles. The molecule has 0 saturated carbocycles. The second-order valence-corrected chi connectivity index (χ2v) is 5.31. The Bertz CT molecular complexity index is 555. The van der Waals surface area contributed by atoms with E-state index in [1.54, 1.807) is 6.92 Å². The number of anilines is 1. The summed E-state index contributed by atoms with van der Waals surface area (Å²) in [5.74, 6) is 0.972. The molecule has 1 atom stereocenters. The van der Waals surface area contributed by atoms with Gasteiger partial charge in [0.25, 0.3) is 5.56 Å². The summed E-state index contributed by atoms with van der Waals surface area (Å²) >= 11 is 0. The first-order valence-electron chi connectivity index (χ1n) is 7.28. The van der Waals surface area contributed by atoms with E-state index in [-0.39, 0.29) is 17.4 Å². The molecule has 1 unspecified atom stereocenters. The zero-order chi connectivity index (χ0) is 15.4. The summed E-state index contributed by atoms with van der Waals surface area (Å²) in [5, 5.41) is 3.17. The lowest BCUT2D eigenvalue weighted by molar-refractivity contribution is -0.144.